The fourth-order valence-corrected chi connectivity index (χ4v) is 1.28. The highest BCUT2D eigenvalue weighted by molar-refractivity contribution is 5.88. The summed E-state index contributed by atoms with van der Waals surface area (Å²) in [5.41, 5.74) is 0.385. The Morgan fingerprint density at radius 2 is 2.35 bits per heavy atom. The second-order valence-electron chi connectivity index (χ2n) is 3.63. The van der Waals surface area contributed by atoms with Crippen LogP contribution in [-0.4, -0.2) is 25.9 Å². The highest BCUT2D eigenvalue weighted by atomic mass is 16.6. The molecule has 7 heteroatoms. The second-order valence-corrected chi connectivity index (χ2v) is 3.63. The van der Waals surface area contributed by atoms with Gasteiger partial charge >= 0.3 is 5.97 Å². The first kappa shape index (κ1) is 11.3. The predicted molar refractivity (Wildman–Crippen MR) is 56.1 cm³/mol. The van der Waals surface area contributed by atoms with Gasteiger partial charge in [-0.3, -0.25) is 4.68 Å². The lowest BCUT2D eigenvalue weighted by Crippen LogP contribution is -2.09. The lowest BCUT2D eigenvalue weighted by atomic mass is 10.3. The fraction of sp³-hybridized carbons (Fsp3) is 0.400. The molecule has 0 amide bonds. The first-order valence-electron chi connectivity index (χ1n) is 5.06. The zero-order chi connectivity index (χ0) is 12.4. The van der Waals surface area contributed by atoms with Gasteiger partial charge in [0.1, 0.15) is 0 Å². The third kappa shape index (κ3) is 2.49. The average molecular weight is 236 g/mol. The van der Waals surface area contributed by atoms with Gasteiger partial charge in [-0.05, 0) is 13.8 Å². The summed E-state index contributed by atoms with van der Waals surface area (Å²) in [5.74, 6) is 0.311. The van der Waals surface area contributed by atoms with Gasteiger partial charge in [-0.15, -0.1) is 0 Å². The van der Waals surface area contributed by atoms with Crippen LogP contribution in [0.4, 0.5) is 0 Å². The van der Waals surface area contributed by atoms with Crippen molar-refractivity contribution >= 4 is 5.97 Å². The first-order valence-corrected chi connectivity index (χ1v) is 5.06. The van der Waals surface area contributed by atoms with Crippen LogP contribution in [0.5, 0.6) is 0 Å². The molecule has 0 aromatic carbocycles. The van der Waals surface area contributed by atoms with Crippen LogP contribution < -0.4 is 0 Å². The number of esters is 1. The largest absolute Gasteiger partial charge is 0.449 e. The van der Waals surface area contributed by atoms with Gasteiger partial charge < -0.3 is 9.26 Å². The van der Waals surface area contributed by atoms with Gasteiger partial charge in [0.05, 0.1) is 11.8 Å². The van der Waals surface area contributed by atoms with E-state index in [1.165, 1.54) is 10.9 Å². The molecule has 0 fully saturated rings. The number of nitrogens with zero attached hydrogens (tertiary/aromatic N) is 4. The Morgan fingerprint density at radius 3 is 2.88 bits per heavy atom. The first-order chi connectivity index (χ1) is 8.06. The van der Waals surface area contributed by atoms with Crippen molar-refractivity contribution in [3.05, 3.63) is 29.7 Å². The van der Waals surface area contributed by atoms with E-state index in [1.54, 1.807) is 27.1 Å². The van der Waals surface area contributed by atoms with Gasteiger partial charge in [-0.1, -0.05) is 5.16 Å². The van der Waals surface area contributed by atoms with E-state index in [1.807, 2.05) is 0 Å². The molecule has 90 valence electrons. The quantitative estimate of drug-likeness (QED) is 0.740. The van der Waals surface area contributed by atoms with Crippen molar-refractivity contribution in [2.45, 2.75) is 20.0 Å². The zero-order valence-electron chi connectivity index (χ0n) is 9.75. The van der Waals surface area contributed by atoms with E-state index in [0.29, 0.717) is 11.4 Å². The summed E-state index contributed by atoms with van der Waals surface area (Å²) in [6, 6.07) is 0. The summed E-state index contributed by atoms with van der Waals surface area (Å²) in [6.45, 7) is 3.36. The van der Waals surface area contributed by atoms with Crippen LogP contribution in [0.3, 0.4) is 0 Å². The Labute approximate surface area is 97.4 Å². The van der Waals surface area contributed by atoms with Gasteiger partial charge in [-0.25, -0.2) is 4.79 Å². The molecule has 1 unspecified atom stereocenters. The predicted octanol–water partition coefficient (Wildman–Crippen LogP) is 1.03. The standard InChI is InChI=1S/C10H12N4O3/c1-6(9-12-7(2)13-17-9)16-10(15)8-4-11-14(3)5-8/h4-6H,1-3H3. The summed E-state index contributed by atoms with van der Waals surface area (Å²) >= 11 is 0. The van der Waals surface area contributed by atoms with E-state index in [9.17, 15) is 4.79 Å². The number of aryl methyl sites for hydroxylation is 2. The molecule has 0 saturated heterocycles. The van der Waals surface area contributed by atoms with Gasteiger partial charge in [0.2, 0.25) is 0 Å². The van der Waals surface area contributed by atoms with Crippen LogP contribution in [0, 0.1) is 6.92 Å². The van der Waals surface area contributed by atoms with Crippen molar-refractivity contribution < 1.29 is 14.1 Å². The number of carbonyl (C=O) groups excluding carboxylic acids is 1. The third-order valence-electron chi connectivity index (χ3n) is 2.12. The van der Waals surface area contributed by atoms with E-state index < -0.39 is 12.1 Å². The Balaban J connectivity index is 2.04. The molecule has 7 nitrogen and oxygen atoms in total. The van der Waals surface area contributed by atoms with Crippen molar-refractivity contribution in [2.24, 2.45) is 7.05 Å². The van der Waals surface area contributed by atoms with Crippen molar-refractivity contribution in [3.8, 4) is 0 Å². The maximum absolute atomic E-state index is 11.7. The summed E-state index contributed by atoms with van der Waals surface area (Å²) in [6.07, 6.45) is 2.44. The topological polar surface area (TPSA) is 83.0 Å². The number of hydrogen-bond donors (Lipinski definition) is 0. The summed E-state index contributed by atoms with van der Waals surface area (Å²) in [4.78, 5) is 15.7. The number of carbonyl (C=O) groups is 1. The molecule has 0 spiro atoms. The Bertz CT molecular complexity index is 531. The minimum atomic E-state index is -0.580. The molecular formula is C10H12N4O3. The van der Waals surface area contributed by atoms with Crippen LogP contribution in [0.15, 0.2) is 16.9 Å². The molecule has 0 aliphatic rings. The van der Waals surface area contributed by atoms with Crippen molar-refractivity contribution in [2.75, 3.05) is 0 Å². The highest BCUT2D eigenvalue weighted by Crippen LogP contribution is 2.16. The molecule has 0 N–H and O–H groups in total. The van der Waals surface area contributed by atoms with E-state index in [-0.39, 0.29) is 5.89 Å². The Kier molecular flexibility index (Phi) is 2.90. The fourth-order valence-electron chi connectivity index (χ4n) is 1.28. The highest BCUT2D eigenvalue weighted by Gasteiger charge is 2.19. The van der Waals surface area contributed by atoms with Crippen molar-refractivity contribution in [1.29, 1.82) is 0 Å². The maximum Gasteiger partial charge on any atom is 0.342 e. The smallest absolute Gasteiger partial charge is 0.342 e. The monoisotopic (exact) mass is 236 g/mol. The van der Waals surface area contributed by atoms with Gasteiger partial charge in [0.15, 0.2) is 11.9 Å². The lowest BCUT2D eigenvalue weighted by molar-refractivity contribution is 0.0265. The third-order valence-corrected chi connectivity index (χ3v) is 2.12. The Morgan fingerprint density at radius 1 is 1.59 bits per heavy atom. The SMILES string of the molecule is Cc1noc(C(C)OC(=O)c2cnn(C)c2)n1. The molecule has 1 atom stereocenters. The molecule has 2 heterocycles. The maximum atomic E-state index is 11.7. The zero-order valence-corrected chi connectivity index (χ0v) is 9.75. The molecule has 0 aliphatic heterocycles. The second kappa shape index (κ2) is 4.36. The Hall–Kier alpha value is -2.18. The molecule has 0 bridgehead atoms. The number of aromatic nitrogens is 4. The molecule has 2 aromatic heterocycles. The number of hydrogen-bond acceptors (Lipinski definition) is 6. The molecule has 0 saturated carbocycles. The van der Waals surface area contributed by atoms with E-state index >= 15 is 0 Å². The molecule has 2 aromatic rings. The molecule has 0 aliphatic carbocycles. The van der Waals surface area contributed by atoms with Crippen molar-refractivity contribution in [3.63, 3.8) is 0 Å². The lowest BCUT2D eigenvalue weighted by Gasteiger charge is -2.07. The molecule has 17 heavy (non-hydrogen) atoms. The van der Waals surface area contributed by atoms with Crippen LogP contribution in [-0.2, 0) is 11.8 Å². The van der Waals surface area contributed by atoms with Crippen LogP contribution >= 0.6 is 0 Å². The molecule has 2 rings (SSSR count). The number of rotatable bonds is 3. The van der Waals surface area contributed by atoms with Gasteiger partial charge in [-0.2, -0.15) is 10.1 Å². The molecular weight excluding hydrogens is 224 g/mol. The molecule has 0 radical (unpaired) electrons. The normalized spacial score (nSPS) is 12.4. The minimum absolute atomic E-state index is 0.278. The van der Waals surface area contributed by atoms with E-state index in [4.69, 9.17) is 9.26 Å². The summed E-state index contributed by atoms with van der Waals surface area (Å²) < 4.78 is 11.6. The van der Waals surface area contributed by atoms with Crippen molar-refractivity contribution in [1.82, 2.24) is 19.9 Å². The van der Waals surface area contributed by atoms with E-state index in [0.717, 1.165) is 0 Å². The van der Waals surface area contributed by atoms with Gasteiger partial charge in [0, 0.05) is 13.2 Å². The van der Waals surface area contributed by atoms with Gasteiger partial charge in [0.25, 0.3) is 5.89 Å². The van der Waals surface area contributed by atoms with Crippen LogP contribution in [0.1, 0.15) is 35.1 Å². The number of ether oxygens (including phenoxy) is 1. The van der Waals surface area contributed by atoms with Crippen LogP contribution in [0.25, 0.3) is 0 Å². The summed E-state index contributed by atoms with van der Waals surface area (Å²) in [5, 5.41) is 7.51. The van der Waals surface area contributed by atoms with Crippen LogP contribution in [0.2, 0.25) is 0 Å². The average Bonchev–Trinajstić information content (AvgIpc) is 2.87. The van der Waals surface area contributed by atoms with E-state index in [2.05, 4.69) is 15.2 Å². The summed E-state index contributed by atoms with van der Waals surface area (Å²) in [7, 11) is 1.72. The minimum Gasteiger partial charge on any atom is -0.449 e.